The number of nitrogens with zero attached hydrogens (tertiary/aromatic N) is 1. The van der Waals surface area contributed by atoms with Crippen molar-refractivity contribution in [1.82, 2.24) is 4.90 Å². The van der Waals surface area contributed by atoms with Gasteiger partial charge in [0.15, 0.2) is 11.5 Å². The molecule has 108 valence electrons. The lowest BCUT2D eigenvalue weighted by Crippen LogP contribution is -2.38. The average molecular weight is 279 g/mol. The molecule has 1 aliphatic rings. The number of hydrogen-bond acceptors (Lipinski definition) is 4. The predicted molar refractivity (Wildman–Crippen MR) is 71.0 cm³/mol. The maximum atomic E-state index is 12.4. The van der Waals surface area contributed by atoms with Gasteiger partial charge >= 0.3 is 5.97 Å². The molecule has 0 unspecified atom stereocenters. The van der Waals surface area contributed by atoms with Crippen molar-refractivity contribution < 1.29 is 24.2 Å². The number of carboxylic acids is 1. The Morgan fingerprint density at radius 3 is 2.65 bits per heavy atom. The van der Waals surface area contributed by atoms with Crippen molar-refractivity contribution in [2.45, 2.75) is 26.3 Å². The van der Waals surface area contributed by atoms with Crippen LogP contribution in [0.2, 0.25) is 0 Å². The number of fused-ring (bicyclic) bond motifs is 1. The van der Waals surface area contributed by atoms with Crippen LogP contribution in [0.15, 0.2) is 18.2 Å². The molecule has 0 aliphatic carbocycles. The minimum absolute atomic E-state index is 0.0749. The molecule has 0 saturated heterocycles. The number of ether oxygens (including phenoxy) is 2. The van der Waals surface area contributed by atoms with E-state index in [1.165, 1.54) is 4.90 Å². The number of amides is 1. The van der Waals surface area contributed by atoms with Crippen LogP contribution in [-0.2, 0) is 4.79 Å². The van der Waals surface area contributed by atoms with Crippen LogP contribution in [0.3, 0.4) is 0 Å². The molecule has 6 nitrogen and oxygen atoms in total. The fraction of sp³-hybridized carbons (Fsp3) is 0.429. The highest BCUT2D eigenvalue weighted by Gasteiger charge is 2.22. The number of benzene rings is 1. The topological polar surface area (TPSA) is 76.1 Å². The predicted octanol–water partition coefficient (Wildman–Crippen LogP) is 1.74. The second-order valence-electron chi connectivity index (χ2n) is 4.80. The summed E-state index contributed by atoms with van der Waals surface area (Å²) >= 11 is 0. The number of carbonyl (C=O) groups excluding carboxylic acids is 1. The van der Waals surface area contributed by atoms with E-state index in [-0.39, 0.29) is 31.7 Å². The minimum Gasteiger partial charge on any atom is -0.481 e. The van der Waals surface area contributed by atoms with Crippen LogP contribution >= 0.6 is 0 Å². The molecular weight excluding hydrogens is 262 g/mol. The molecule has 1 heterocycles. The molecule has 2 rings (SSSR count). The first kappa shape index (κ1) is 14.2. The van der Waals surface area contributed by atoms with Crippen LogP contribution in [0.25, 0.3) is 0 Å². The number of aliphatic carboxylic acids is 1. The van der Waals surface area contributed by atoms with Crippen LogP contribution in [0.1, 0.15) is 30.6 Å². The van der Waals surface area contributed by atoms with E-state index in [4.69, 9.17) is 14.6 Å². The van der Waals surface area contributed by atoms with Gasteiger partial charge < -0.3 is 19.5 Å². The van der Waals surface area contributed by atoms with Crippen molar-refractivity contribution in [2.75, 3.05) is 13.3 Å². The van der Waals surface area contributed by atoms with Crippen molar-refractivity contribution in [3.05, 3.63) is 23.8 Å². The van der Waals surface area contributed by atoms with Crippen molar-refractivity contribution in [1.29, 1.82) is 0 Å². The van der Waals surface area contributed by atoms with Gasteiger partial charge in [0.1, 0.15) is 0 Å². The van der Waals surface area contributed by atoms with E-state index in [9.17, 15) is 9.59 Å². The molecule has 20 heavy (non-hydrogen) atoms. The zero-order chi connectivity index (χ0) is 14.7. The SMILES string of the molecule is CC(C)N(CCC(=O)O)C(=O)c1ccc2c(c1)OCO2. The van der Waals surface area contributed by atoms with Crippen molar-refractivity contribution in [3.8, 4) is 11.5 Å². The molecule has 0 aromatic heterocycles. The molecular formula is C14H17NO5. The van der Waals surface area contributed by atoms with E-state index < -0.39 is 5.97 Å². The van der Waals surface area contributed by atoms with Gasteiger partial charge in [-0.25, -0.2) is 0 Å². The summed E-state index contributed by atoms with van der Waals surface area (Å²) in [5.74, 6) is 0.0228. The van der Waals surface area contributed by atoms with Gasteiger partial charge in [-0.15, -0.1) is 0 Å². The van der Waals surface area contributed by atoms with E-state index in [1.807, 2.05) is 13.8 Å². The third-order valence-corrected chi connectivity index (χ3v) is 3.07. The third kappa shape index (κ3) is 3.01. The Balaban J connectivity index is 2.16. The van der Waals surface area contributed by atoms with Gasteiger partial charge in [-0.2, -0.15) is 0 Å². The molecule has 0 atom stereocenters. The lowest BCUT2D eigenvalue weighted by Gasteiger charge is -2.26. The molecule has 1 amide bonds. The fourth-order valence-corrected chi connectivity index (χ4v) is 2.01. The Kier molecular flexibility index (Phi) is 4.12. The molecule has 1 aromatic carbocycles. The summed E-state index contributed by atoms with van der Waals surface area (Å²) in [7, 11) is 0. The summed E-state index contributed by atoms with van der Waals surface area (Å²) in [6.45, 7) is 4.04. The summed E-state index contributed by atoms with van der Waals surface area (Å²) in [5.41, 5.74) is 0.466. The van der Waals surface area contributed by atoms with E-state index in [1.54, 1.807) is 18.2 Å². The van der Waals surface area contributed by atoms with Crippen LogP contribution in [-0.4, -0.2) is 41.3 Å². The second-order valence-corrected chi connectivity index (χ2v) is 4.80. The summed E-state index contributed by atoms with van der Waals surface area (Å²) in [5, 5.41) is 8.75. The Morgan fingerprint density at radius 2 is 2.00 bits per heavy atom. The van der Waals surface area contributed by atoms with E-state index in [2.05, 4.69) is 0 Å². The van der Waals surface area contributed by atoms with Crippen LogP contribution in [0.4, 0.5) is 0 Å². The van der Waals surface area contributed by atoms with E-state index in [0.717, 1.165) is 0 Å². The fourth-order valence-electron chi connectivity index (χ4n) is 2.01. The number of carboxylic acid groups (broad SMARTS) is 1. The number of rotatable bonds is 5. The summed E-state index contributed by atoms with van der Waals surface area (Å²) < 4.78 is 10.4. The molecule has 1 N–H and O–H groups in total. The van der Waals surface area contributed by atoms with E-state index in [0.29, 0.717) is 17.1 Å². The Labute approximate surface area is 116 Å². The van der Waals surface area contributed by atoms with Gasteiger partial charge in [0.05, 0.1) is 6.42 Å². The van der Waals surface area contributed by atoms with Crippen LogP contribution in [0.5, 0.6) is 11.5 Å². The average Bonchev–Trinajstić information content (AvgIpc) is 2.84. The zero-order valence-electron chi connectivity index (χ0n) is 11.5. The third-order valence-electron chi connectivity index (χ3n) is 3.07. The molecule has 1 aromatic rings. The quantitative estimate of drug-likeness (QED) is 0.888. The monoisotopic (exact) mass is 279 g/mol. The molecule has 0 fully saturated rings. The maximum absolute atomic E-state index is 12.4. The highest BCUT2D eigenvalue weighted by atomic mass is 16.7. The van der Waals surface area contributed by atoms with Gasteiger partial charge in [0.2, 0.25) is 6.79 Å². The number of carbonyl (C=O) groups is 2. The summed E-state index contributed by atoms with van der Waals surface area (Å²) in [6.07, 6.45) is -0.0749. The largest absolute Gasteiger partial charge is 0.481 e. The summed E-state index contributed by atoms with van der Waals surface area (Å²) in [6, 6.07) is 4.89. The standard InChI is InChI=1S/C14H17NO5/c1-9(2)15(6-5-13(16)17)14(18)10-3-4-11-12(7-10)20-8-19-11/h3-4,7,9H,5-6,8H2,1-2H3,(H,16,17). The van der Waals surface area contributed by atoms with Crippen molar-refractivity contribution >= 4 is 11.9 Å². The van der Waals surface area contributed by atoms with Gasteiger partial charge in [0, 0.05) is 18.2 Å². The van der Waals surface area contributed by atoms with Gasteiger partial charge in [-0.3, -0.25) is 9.59 Å². The van der Waals surface area contributed by atoms with Gasteiger partial charge in [-0.1, -0.05) is 0 Å². The Morgan fingerprint density at radius 1 is 1.30 bits per heavy atom. The first-order valence-electron chi connectivity index (χ1n) is 6.41. The van der Waals surface area contributed by atoms with Crippen LogP contribution in [0, 0.1) is 0 Å². The van der Waals surface area contributed by atoms with Crippen molar-refractivity contribution in [3.63, 3.8) is 0 Å². The molecule has 0 saturated carbocycles. The number of hydrogen-bond donors (Lipinski definition) is 1. The smallest absolute Gasteiger partial charge is 0.305 e. The lowest BCUT2D eigenvalue weighted by atomic mass is 10.1. The second kappa shape index (κ2) is 5.81. The van der Waals surface area contributed by atoms with Crippen molar-refractivity contribution in [2.24, 2.45) is 0 Å². The first-order chi connectivity index (χ1) is 9.49. The van der Waals surface area contributed by atoms with E-state index >= 15 is 0 Å². The lowest BCUT2D eigenvalue weighted by molar-refractivity contribution is -0.137. The maximum Gasteiger partial charge on any atom is 0.305 e. The highest BCUT2D eigenvalue weighted by Crippen LogP contribution is 2.32. The van der Waals surface area contributed by atoms with Gasteiger partial charge in [0.25, 0.3) is 5.91 Å². The molecule has 0 bridgehead atoms. The molecule has 0 spiro atoms. The zero-order valence-corrected chi connectivity index (χ0v) is 11.5. The first-order valence-corrected chi connectivity index (χ1v) is 6.41. The normalized spacial score (nSPS) is 12.6. The summed E-state index contributed by atoms with van der Waals surface area (Å²) in [4.78, 5) is 24.6. The molecule has 1 aliphatic heterocycles. The Hall–Kier alpha value is -2.24. The molecule has 6 heteroatoms. The molecule has 0 radical (unpaired) electrons. The minimum atomic E-state index is -0.922. The Bertz CT molecular complexity index is 526. The highest BCUT2D eigenvalue weighted by molar-refractivity contribution is 5.95. The van der Waals surface area contributed by atoms with Gasteiger partial charge in [-0.05, 0) is 32.0 Å². The van der Waals surface area contributed by atoms with Crippen LogP contribution < -0.4 is 9.47 Å².